The van der Waals surface area contributed by atoms with Gasteiger partial charge in [-0.2, -0.15) is 0 Å². The number of Topliss-reactive ketones (excluding diaryl/α,β-unsaturated/α-hetero) is 6. The molecule has 18 heteroatoms. The van der Waals surface area contributed by atoms with Gasteiger partial charge in [0.1, 0.15) is 51.6 Å². The van der Waals surface area contributed by atoms with Crippen LogP contribution in [0.15, 0.2) is 180 Å². The Balaban J connectivity index is 0.000000140. The highest BCUT2D eigenvalue weighted by atomic mass is 19.1. The van der Waals surface area contributed by atoms with Crippen molar-refractivity contribution in [3.63, 3.8) is 0 Å². The minimum atomic E-state index is -0.356. The Kier molecular flexibility index (Phi) is 18.0. The standard InChI is InChI=1S/C23H25N3O3.C22H22FN3O2.C21H20FN3O2/c1-3-25-12-14-26(15-13-25)21-20(24-16-8-10-17(29-2)11-9-16)22(27)18-6-4-5-7-19(18)23(21)28;1-2-25-11-13-26(14-12-25)20-19(24-16-9-7-15(23)8-10-16)21(27)17-5-3-4-6-18(17)22(20)28;1-24-10-12-25(13-11-24)19-18(23-15-8-6-14(22)7-9-15)20(26)16-4-2-3-5-17(16)21(19)27/h4-11,24H,3,12-15H2,1-2H3;3-10,24H,2,11-14H2,1H3;2-9,23H,10-13H2,1H3. The van der Waals surface area contributed by atoms with Crippen molar-refractivity contribution in [2.45, 2.75) is 13.8 Å². The zero-order valence-corrected chi connectivity index (χ0v) is 47.6. The minimum absolute atomic E-state index is 0.0961. The summed E-state index contributed by atoms with van der Waals surface area (Å²) in [6.45, 7) is 15.4. The van der Waals surface area contributed by atoms with E-state index < -0.39 is 0 Å². The first kappa shape index (κ1) is 58.1. The molecule has 16 nitrogen and oxygen atoms in total. The fraction of sp³-hybridized carbons (Fsp3) is 0.273. The SMILES string of the molecule is CCN1CCN(C2=C(Nc3ccc(F)cc3)C(=O)c3ccccc3C2=O)CC1.CCN1CCN(C2=C(Nc3ccc(OC)cc3)C(=O)c3ccccc3C2=O)CC1.CN1CCN(C2=C(Nc3ccc(F)cc3)C(=O)c3ccccc3C2=O)CC1. The minimum Gasteiger partial charge on any atom is -0.497 e. The molecule has 3 heterocycles. The lowest BCUT2D eigenvalue weighted by molar-refractivity contribution is 0.0908. The van der Waals surface area contributed by atoms with E-state index in [1.54, 1.807) is 104 Å². The molecule has 0 saturated carbocycles. The fourth-order valence-electron chi connectivity index (χ4n) is 11.1. The summed E-state index contributed by atoms with van der Waals surface area (Å²) in [5, 5.41) is 9.39. The second-order valence-corrected chi connectivity index (χ2v) is 21.0. The summed E-state index contributed by atoms with van der Waals surface area (Å²) >= 11 is 0. The molecule has 3 aliphatic heterocycles. The maximum Gasteiger partial charge on any atom is 0.212 e. The van der Waals surface area contributed by atoms with Crippen LogP contribution in [0.3, 0.4) is 0 Å². The van der Waals surface area contributed by atoms with Gasteiger partial charge in [-0.3, -0.25) is 28.8 Å². The molecule has 3 N–H and O–H groups in total. The number of hydrogen-bond donors (Lipinski definition) is 3. The van der Waals surface area contributed by atoms with E-state index in [2.05, 4.69) is 44.5 Å². The van der Waals surface area contributed by atoms with E-state index in [0.717, 1.165) is 76.9 Å². The Bertz CT molecular complexity index is 3580. The van der Waals surface area contributed by atoms with Crippen LogP contribution in [-0.2, 0) is 0 Å². The van der Waals surface area contributed by atoms with Gasteiger partial charge in [-0.05, 0) is 92.9 Å². The van der Waals surface area contributed by atoms with Crippen LogP contribution in [0.5, 0.6) is 5.75 Å². The first-order chi connectivity index (χ1) is 40.7. The van der Waals surface area contributed by atoms with E-state index in [4.69, 9.17) is 4.74 Å². The number of anilines is 3. The van der Waals surface area contributed by atoms with Gasteiger partial charge in [0.25, 0.3) is 0 Å². The number of allylic oxidation sites excluding steroid dienone is 6. The number of carbonyl (C=O) groups is 6. The Morgan fingerprint density at radius 1 is 0.369 bits per heavy atom. The summed E-state index contributed by atoms with van der Waals surface area (Å²) in [4.78, 5) is 92.5. The van der Waals surface area contributed by atoms with Gasteiger partial charge in [0.2, 0.25) is 34.7 Å². The van der Waals surface area contributed by atoms with Crippen LogP contribution in [0.4, 0.5) is 25.8 Å². The Labute approximate surface area is 487 Å². The number of methoxy groups -OCH3 is 1. The maximum absolute atomic E-state index is 13.4. The fourth-order valence-corrected chi connectivity index (χ4v) is 11.1. The summed E-state index contributed by atoms with van der Waals surface area (Å²) in [5.41, 5.74) is 6.62. The van der Waals surface area contributed by atoms with Crippen molar-refractivity contribution in [2.75, 3.05) is 122 Å². The molecule has 0 atom stereocenters. The number of piperazine rings is 3. The second kappa shape index (κ2) is 26.0. The first-order valence-electron chi connectivity index (χ1n) is 28.4. The molecule has 432 valence electrons. The Morgan fingerprint density at radius 2 is 0.631 bits per heavy atom. The van der Waals surface area contributed by atoms with Crippen LogP contribution >= 0.6 is 0 Å². The van der Waals surface area contributed by atoms with E-state index in [0.29, 0.717) is 93.7 Å². The number of ketones is 6. The zero-order chi connectivity index (χ0) is 59.0. The average molecular weight is 1140 g/mol. The molecule has 0 bridgehead atoms. The average Bonchev–Trinajstić information content (AvgIpc) is 2.00. The summed E-state index contributed by atoms with van der Waals surface area (Å²) in [7, 11) is 3.64. The monoisotopic (exact) mass is 1140 g/mol. The molecule has 0 spiro atoms. The molecular weight excluding hydrogens is 1070 g/mol. The number of fused-ring (bicyclic) bond motifs is 3. The number of carbonyl (C=O) groups excluding carboxylic acids is 6. The summed E-state index contributed by atoms with van der Waals surface area (Å²) in [6.07, 6.45) is 0. The Morgan fingerprint density at radius 3 is 0.905 bits per heavy atom. The highest BCUT2D eigenvalue weighted by molar-refractivity contribution is 6.29. The van der Waals surface area contributed by atoms with Crippen molar-refractivity contribution in [3.8, 4) is 5.75 Å². The molecular formula is C66H67F2N9O7. The van der Waals surface area contributed by atoms with E-state index in [9.17, 15) is 37.5 Å². The molecule has 3 fully saturated rings. The highest BCUT2D eigenvalue weighted by Gasteiger charge is 2.39. The van der Waals surface area contributed by atoms with Gasteiger partial charge < -0.3 is 50.1 Å². The predicted octanol–water partition coefficient (Wildman–Crippen LogP) is 8.98. The topological polar surface area (TPSA) is 167 Å². The van der Waals surface area contributed by atoms with E-state index in [1.165, 1.54) is 24.3 Å². The van der Waals surface area contributed by atoms with Crippen molar-refractivity contribution in [1.82, 2.24) is 29.4 Å². The van der Waals surface area contributed by atoms with Crippen LogP contribution in [0.2, 0.25) is 0 Å². The molecule has 0 aromatic heterocycles. The van der Waals surface area contributed by atoms with Gasteiger partial charge in [-0.1, -0.05) is 86.6 Å². The number of ether oxygens (including phenoxy) is 1. The van der Waals surface area contributed by atoms with Crippen molar-refractivity contribution >= 4 is 51.8 Å². The van der Waals surface area contributed by atoms with Gasteiger partial charge in [-0.25, -0.2) is 8.78 Å². The quantitative estimate of drug-likeness (QED) is 0.106. The lowest BCUT2D eigenvalue weighted by atomic mass is 9.89. The first-order valence-corrected chi connectivity index (χ1v) is 28.4. The molecule has 6 aliphatic rings. The largest absolute Gasteiger partial charge is 0.497 e. The third-order valence-electron chi connectivity index (χ3n) is 16.0. The number of nitrogens with zero attached hydrogens (tertiary/aromatic N) is 6. The van der Waals surface area contributed by atoms with Crippen LogP contribution in [0.25, 0.3) is 0 Å². The normalized spacial score (nSPS) is 17.7. The highest BCUT2D eigenvalue weighted by Crippen LogP contribution is 2.34. The van der Waals surface area contributed by atoms with Crippen molar-refractivity contribution < 1.29 is 42.3 Å². The maximum atomic E-state index is 13.4. The van der Waals surface area contributed by atoms with Crippen LogP contribution in [0, 0.1) is 11.6 Å². The van der Waals surface area contributed by atoms with Gasteiger partial charge in [0.15, 0.2) is 0 Å². The van der Waals surface area contributed by atoms with E-state index in [-0.39, 0.29) is 57.7 Å². The van der Waals surface area contributed by atoms with Crippen LogP contribution in [-0.4, -0.2) is 170 Å². The van der Waals surface area contributed by atoms with Crippen molar-refractivity contribution in [3.05, 3.63) is 225 Å². The summed E-state index contributed by atoms with van der Waals surface area (Å²) < 4.78 is 31.7. The van der Waals surface area contributed by atoms with Crippen molar-refractivity contribution in [1.29, 1.82) is 0 Å². The molecule has 3 saturated heterocycles. The van der Waals surface area contributed by atoms with Gasteiger partial charge in [-0.15, -0.1) is 0 Å². The molecule has 0 amide bonds. The molecule has 6 aromatic carbocycles. The van der Waals surface area contributed by atoms with Crippen molar-refractivity contribution in [2.24, 2.45) is 0 Å². The zero-order valence-electron chi connectivity index (χ0n) is 47.6. The number of hydrogen-bond acceptors (Lipinski definition) is 16. The van der Waals surface area contributed by atoms with Gasteiger partial charge in [0, 0.05) is 129 Å². The third kappa shape index (κ3) is 12.5. The molecule has 12 rings (SSSR count). The lowest BCUT2D eigenvalue weighted by Crippen LogP contribution is -2.48. The summed E-state index contributed by atoms with van der Waals surface area (Å²) in [6, 6.07) is 39.7. The molecule has 6 aromatic rings. The smallest absolute Gasteiger partial charge is 0.212 e. The molecule has 0 unspecified atom stereocenters. The van der Waals surface area contributed by atoms with Gasteiger partial charge in [0.05, 0.1) is 7.11 Å². The number of nitrogens with one attached hydrogen (secondary N) is 3. The van der Waals surface area contributed by atoms with E-state index >= 15 is 0 Å². The second-order valence-electron chi connectivity index (χ2n) is 21.0. The number of likely N-dealkylation sites (N-methyl/N-ethyl adjacent to an activating group) is 3. The molecule has 84 heavy (non-hydrogen) atoms. The molecule has 0 radical (unpaired) electrons. The summed E-state index contributed by atoms with van der Waals surface area (Å²) in [5.74, 6) is -0.959. The molecule has 3 aliphatic carbocycles. The lowest BCUT2D eigenvalue weighted by Gasteiger charge is -2.38. The predicted molar refractivity (Wildman–Crippen MR) is 319 cm³/mol. The third-order valence-corrected chi connectivity index (χ3v) is 16.0. The van der Waals surface area contributed by atoms with Gasteiger partial charge >= 0.3 is 0 Å². The van der Waals surface area contributed by atoms with Crippen LogP contribution < -0.4 is 20.7 Å². The van der Waals surface area contributed by atoms with Crippen LogP contribution in [0.1, 0.15) is 76.0 Å². The Hall–Kier alpha value is -9.10. The number of halogens is 2. The number of rotatable bonds is 12. The van der Waals surface area contributed by atoms with E-state index in [1.807, 2.05) is 46.0 Å². The number of benzene rings is 6.